The van der Waals surface area contributed by atoms with Crippen LogP contribution in [0, 0.1) is 0 Å². The van der Waals surface area contributed by atoms with E-state index in [4.69, 9.17) is 5.53 Å². The fourth-order valence-electron chi connectivity index (χ4n) is 0.855. The van der Waals surface area contributed by atoms with E-state index in [1.165, 1.54) is 0 Å². The summed E-state index contributed by atoms with van der Waals surface area (Å²) in [6.45, 7) is 4.47. The third-order valence-electron chi connectivity index (χ3n) is 1.50. The van der Waals surface area contributed by atoms with Gasteiger partial charge in [0.1, 0.15) is 0 Å². The molecule has 0 aliphatic rings. The summed E-state index contributed by atoms with van der Waals surface area (Å²) in [6, 6.07) is 0.352. The molecule has 64 valence electrons. The Morgan fingerprint density at radius 1 is 1.75 bits per heavy atom. The van der Waals surface area contributed by atoms with E-state index in [0.29, 0.717) is 12.6 Å². The Morgan fingerprint density at radius 3 is 3.00 bits per heavy atom. The van der Waals surface area contributed by atoms with Crippen LogP contribution in [0.3, 0.4) is 0 Å². The topological polar surface area (TPSA) is 66.6 Å². The fraction of sp³-hybridized carbons (Fsp3) is 0.571. The highest BCUT2D eigenvalue weighted by Gasteiger charge is 1.99. The Balaban J connectivity index is 2.70. The van der Waals surface area contributed by atoms with Gasteiger partial charge in [0.25, 0.3) is 0 Å². The Morgan fingerprint density at radius 2 is 2.50 bits per heavy atom. The Kier molecular flexibility index (Phi) is 2.71. The first-order valence-electron chi connectivity index (χ1n) is 3.78. The molecule has 0 aliphatic carbocycles. The van der Waals surface area contributed by atoms with Crippen LogP contribution in [-0.2, 0) is 6.54 Å². The molecule has 0 unspecified atom stereocenters. The van der Waals surface area contributed by atoms with Crippen molar-refractivity contribution in [3.63, 3.8) is 0 Å². The molecule has 0 N–H and O–H groups in total. The molecule has 0 aliphatic heterocycles. The monoisotopic (exact) mass is 165 g/mol. The number of hydrogen-bond donors (Lipinski definition) is 0. The van der Waals surface area contributed by atoms with E-state index in [9.17, 15) is 0 Å². The average Bonchev–Trinajstić information content (AvgIpc) is 2.48. The van der Waals surface area contributed by atoms with Crippen molar-refractivity contribution in [2.75, 3.05) is 0 Å². The second-order valence-corrected chi connectivity index (χ2v) is 2.81. The minimum Gasteiger partial charge on any atom is -0.270 e. The van der Waals surface area contributed by atoms with Crippen molar-refractivity contribution >= 4 is 0 Å². The van der Waals surface area contributed by atoms with E-state index in [1.807, 2.05) is 24.7 Å². The fourth-order valence-corrected chi connectivity index (χ4v) is 0.855. The maximum Gasteiger partial charge on any atom is 0.0541 e. The number of hydrogen-bond acceptors (Lipinski definition) is 2. The summed E-state index contributed by atoms with van der Waals surface area (Å²) in [4.78, 5) is 2.67. The summed E-state index contributed by atoms with van der Waals surface area (Å²) < 4.78 is 1.84. The minimum absolute atomic E-state index is 0.352. The molecule has 0 aromatic carbocycles. The lowest BCUT2D eigenvalue weighted by Crippen LogP contribution is -1.99. The van der Waals surface area contributed by atoms with Crippen LogP contribution in [0.25, 0.3) is 10.4 Å². The number of aromatic nitrogens is 2. The van der Waals surface area contributed by atoms with Crippen molar-refractivity contribution in [2.45, 2.75) is 26.4 Å². The maximum atomic E-state index is 8.07. The van der Waals surface area contributed by atoms with E-state index < -0.39 is 0 Å². The highest BCUT2D eigenvalue weighted by molar-refractivity contribution is 5.03. The van der Waals surface area contributed by atoms with E-state index in [1.54, 1.807) is 6.20 Å². The third kappa shape index (κ3) is 2.00. The van der Waals surface area contributed by atoms with Crippen molar-refractivity contribution in [1.82, 2.24) is 9.78 Å². The van der Waals surface area contributed by atoms with E-state index in [-0.39, 0.29) is 0 Å². The molecular formula is C7H11N5. The van der Waals surface area contributed by atoms with Gasteiger partial charge in [-0.05, 0) is 24.9 Å². The van der Waals surface area contributed by atoms with Crippen LogP contribution in [0.4, 0.5) is 0 Å². The Bertz CT molecular complexity index is 295. The standard InChI is InChI=1S/C7H11N5/c1-6(2)12-5-7(4-10-12)3-9-11-8/h4-6H,3H2,1-2H3. The lowest BCUT2D eigenvalue weighted by Gasteiger charge is -2.02. The number of azide groups is 1. The summed E-state index contributed by atoms with van der Waals surface area (Å²) >= 11 is 0. The van der Waals surface area contributed by atoms with Crippen molar-refractivity contribution in [3.8, 4) is 0 Å². The van der Waals surface area contributed by atoms with Crippen LogP contribution in [0.1, 0.15) is 25.5 Å². The zero-order valence-electron chi connectivity index (χ0n) is 7.18. The quantitative estimate of drug-likeness (QED) is 0.385. The van der Waals surface area contributed by atoms with Gasteiger partial charge in [-0.15, -0.1) is 0 Å². The van der Waals surface area contributed by atoms with Crippen LogP contribution >= 0.6 is 0 Å². The van der Waals surface area contributed by atoms with Gasteiger partial charge in [-0.25, -0.2) is 0 Å². The normalized spacial score (nSPS) is 9.92. The highest BCUT2D eigenvalue weighted by Crippen LogP contribution is 2.05. The highest BCUT2D eigenvalue weighted by atomic mass is 15.3. The summed E-state index contributed by atoms with van der Waals surface area (Å²) in [6.07, 6.45) is 3.61. The summed E-state index contributed by atoms with van der Waals surface area (Å²) in [5.41, 5.74) is 9.02. The molecule has 5 heteroatoms. The van der Waals surface area contributed by atoms with Gasteiger partial charge in [0.05, 0.1) is 12.7 Å². The van der Waals surface area contributed by atoms with Crippen LogP contribution in [0.2, 0.25) is 0 Å². The van der Waals surface area contributed by atoms with Gasteiger partial charge in [-0.2, -0.15) is 5.10 Å². The first kappa shape index (κ1) is 8.62. The largest absolute Gasteiger partial charge is 0.270 e. The van der Waals surface area contributed by atoms with Gasteiger partial charge >= 0.3 is 0 Å². The molecule has 1 aromatic heterocycles. The summed E-state index contributed by atoms with van der Waals surface area (Å²) in [5.74, 6) is 0. The van der Waals surface area contributed by atoms with E-state index >= 15 is 0 Å². The molecule has 0 amide bonds. The van der Waals surface area contributed by atoms with Crippen LogP contribution in [-0.4, -0.2) is 9.78 Å². The first-order chi connectivity index (χ1) is 5.74. The lowest BCUT2D eigenvalue weighted by atomic mass is 10.3. The van der Waals surface area contributed by atoms with Crippen LogP contribution in [0.15, 0.2) is 17.5 Å². The van der Waals surface area contributed by atoms with Gasteiger partial charge < -0.3 is 0 Å². The van der Waals surface area contributed by atoms with Crippen molar-refractivity contribution in [3.05, 3.63) is 28.4 Å². The lowest BCUT2D eigenvalue weighted by molar-refractivity contribution is 0.532. The molecule has 1 aromatic rings. The van der Waals surface area contributed by atoms with Crippen molar-refractivity contribution < 1.29 is 0 Å². The van der Waals surface area contributed by atoms with Gasteiger partial charge in [0.15, 0.2) is 0 Å². The predicted molar refractivity (Wildman–Crippen MR) is 45.5 cm³/mol. The van der Waals surface area contributed by atoms with Gasteiger partial charge in [0.2, 0.25) is 0 Å². The van der Waals surface area contributed by atoms with Crippen LogP contribution < -0.4 is 0 Å². The third-order valence-corrected chi connectivity index (χ3v) is 1.50. The molecule has 12 heavy (non-hydrogen) atoms. The molecule has 0 saturated carbocycles. The Hall–Kier alpha value is -1.48. The van der Waals surface area contributed by atoms with Crippen LogP contribution in [0.5, 0.6) is 0 Å². The van der Waals surface area contributed by atoms with E-state index in [0.717, 1.165) is 5.56 Å². The SMILES string of the molecule is CC(C)n1cc(CN=[N+]=[N-])cn1. The zero-order valence-corrected chi connectivity index (χ0v) is 7.18. The van der Waals surface area contributed by atoms with Gasteiger partial charge in [-0.1, -0.05) is 5.11 Å². The average molecular weight is 165 g/mol. The summed E-state index contributed by atoms with van der Waals surface area (Å²) in [5, 5.41) is 7.54. The second-order valence-electron chi connectivity index (χ2n) is 2.81. The smallest absolute Gasteiger partial charge is 0.0541 e. The molecule has 0 spiro atoms. The number of nitrogens with zero attached hydrogens (tertiary/aromatic N) is 5. The van der Waals surface area contributed by atoms with E-state index in [2.05, 4.69) is 15.1 Å². The molecule has 0 radical (unpaired) electrons. The molecule has 5 nitrogen and oxygen atoms in total. The van der Waals surface area contributed by atoms with Crippen molar-refractivity contribution in [2.24, 2.45) is 5.11 Å². The predicted octanol–water partition coefficient (Wildman–Crippen LogP) is 2.27. The molecule has 1 rings (SSSR count). The molecule has 0 saturated heterocycles. The molecule has 1 heterocycles. The van der Waals surface area contributed by atoms with Crippen molar-refractivity contribution in [1.29, 1.82) is 0 Å². The zero-order chi connectivity index (χ0) is 8.97. The maximum absolute atomic E-state index is 8.07. The van der Waals surface area contributed by atoms with Gasteiger partial charge in [0, 0.05) is 17.2 Å². The molecule has 0 fully saturated rings. The molecular weight excluding hydrogens is 154 g/mol. The second kappa shape index (κ2) is 3.78. The molecule has 0 atom stereocenters. The first-order valence-corrected chi connectivity index (χ1v) is 3.78. The minimum atomic E-state index is 0.352. The number of rotatable bonds is 3. The van der Waals surface area contributed by atoms with Gasteiger partial charge in [-0.3, -0.25) is 4.68 Å². The summed E-state index contributed by atoms with van der Waals surface area (Å²) in [7, 11) is 0. The molecule has 0 bridgehead atoms. The Labute approximate surface area is 70.6 Å².